The van der Waals surface area contributed by atoms with Gasteiger partial charge in [0.1, 0.15) is 18.2 Å². The number of carbonyl (C=O) groups excluding carboxylic acids is 1. The molecule has 0 saturated carbocycles. The summed E-state index contributed by atoms with van der Waals surface area (Å²) < 4.78 is 1.26. The first-order valence-electron chi connectivity index (χ1n) is 10.5. The van der Waals surface area contributed by atoms with Gasteiger partial charge in [0.15, 0.2) is 10.8 Å². The van der Waals surface area contributed by atoms with Crippen LogP contribution in [0.25, 0.3) is 11.4 Å². The second-order valence-corrected chi connectivity index (χ2v) is 7.99. The molecule has 178 valence electrons. The van der Waals surface area contributed by atoms with Gasteiger partial charge in [-0.3, -0.25) is 19.6 Å². The Morgan fingerprint density at radius 2 is 1.94 bits per heavy atom. The lowest BCUT2D eigenvalue weighted by atomic mass is 10.1. The molecule has 0 spiro atoms. The van der Waals surface area contributed by atoms with Crippen molar-refractivity contribution in [1.82, 2.24) is 19.9 Å². The molecule has 0 unspecified atom stereocenters. The lowest BCUT2D eigenvalue weighted by Crippen LogP contribution is -2.36. The SMILES string of the molecule is CCN(C)Nc1c(Cl)nc(-c2cccc(N)c2)n(CC(=O)NCc2ccc(C(=N)N)cc2)c1=O. The van der Waals surface area contributed by atoms with Gasteiger partial charge in [-0.05, 0) is 17.7 Å². The maximum Gasteiger partial charge on any atom is 0.280 e. The fraction of sp³-hybridized carbons (Fsp3) is 0.217. The highest BCUT2D eigenvalue weighted by atomic mass is 35.5. The van der Waals surface area contributed by atoms with Crippen molar-refractivity contribution in [2.75, 3.05) is 24.8 Å². The van der Waals surface area contributed by atoms with E-state index in [2.05, 4.69) is 15.7 Å². The number of benzene rings is 2. The molecule has 7 N–H and O–H groups in total. The summed E-state index contributed by atoms with van der Waals surface area (Å²) in [5, 5.41) is 11.9. The number of carbonyl (C=O) groups is 1. The van der Waals surface area contributed by atoms with Gasteiger partial charge in [-0.1, -0.05) is 54.9 Å². The van der Waals surface area contributed by atoms with Crippen LogP contribution in [0.15, 0.2) is 53.3 Å². The van der Waals surface area contributed by atoms with Crippen molar-refractivity contribution < 1.29 is 4.79 Å². The number of aromatic nitrogens is 2. The summed E-state index contributed by atoms with van der Waals surface area (Å²) in [6, 6.07) is 13.8. The topological polar surface area (TPSA) is 155 Å². The van der Waals surface area contributed by atoms with E-state index in [0.29, 0.717) is 23.4 Å². The number of amidine groups is 1. The molecule has 0 bridgehead atoms. The number of hydrazine groups is 1. The van der Waals surface area contributed by atoms with Gasteiger partial charge in [-0.25, -0.2) is 9.99 Å². The first-order chi connectivity index (χ1) is 16.2. The van der Waals surface area contributed by atoms with E-state index in [1.54, 1.807) is 60.6 Å². The molecule has 0 aliphatic heterocycles. The first kappa shape index (κ1) is 24.7. The third-order valence-corrected chi connectivity index (χ3v) is 5.38. The van der Waals surface area contributed by atoms with E-state index in [0.717, 1.165) is 5.56 Å². The number of rotatable bonds is 9. The van der Waals surface area contributed by atoms with Gasteiger partial charge >= 0.3 is 0 Å². The Bertz CT molecular complexity index is 1260. The number of nitrogens with two attached hydrogens (primary N) is 2. The van der Waals surface area contributed by atoms with Crippen LogP contribution in [-0.4, -0.2) is 39.9 Å². The average Bonchev–Trinajstić information content (AvgIpc) is 2.82. The zero-order chi connectivity index (χ0) is 24.8. The average molecular weight is 483 g/mol. The monoisotopic (exact) mass is 482 g/mol. The first-order valence-corrected chi connectivity index (χ1v) is 10.9. The zero-order valence-electron chi connectivity index (χ0n) is 18.9. The minimum absolute atomic E-state index is 0.00931. The second-order valence-electron chi connectivity index (χ2n) is 7.63. The summed E-state index contributed by atoms with van der Waals surface area (Å²) in [6.45, 7) is 2.48. The van der Waals surface area contributed by atoms with Gasteiger partial charge in [0.2, 0.25) is 5.91 Å². The van der Waals surface area contributed by atoms with E-state index in [4.69, 9.17) is 28.5 Å². The van der Waals surface area contributed by atoms with E-state index in [9.17, 15) is 9.59 Å². The van der Waals surface area contributed by atoms with Gasteiger partial charge in [0, 0.05) is 37.0 Å². The van der Waals surface area contributed by atoms with Gasteiger partial charge < -0.3 is 22.2 Å². The molecule has 0 radical (unpaired) electrons. The molecular formula is C23H27ClN8O2. The van der Waals surface area contributed by atoms with Crippen LogP contribution in [0.3, 0.4) is 0 Å². The Morgan fingerprint density at radius 3 is 2.56 bits per heavy atom. The molecule has 0 aliphatic carbocycles. The number of halogens is 1. The van der Waals surface area contributed by atoms with Crippen LogP contribution in [0.4, 0.5) is 11.4 Å². The number of nitrogen functional groups attached to an aromatic ring is 2. The molecule has 1 aromatic heterocycles. The molecule has 1 heterocycles. The number of hydrogen-bond donors (Lipinski definition) is 5. The lowest BCUT2D eigenvalue weighted by molar-refractivity contribution is -0.121. The summed E-state index contributed by atoms with van der Waals surface area (Å²) in [5.41, 5.74) is 16.4. The van der Waals surface area contributed by atoms with Gasteiger partial charge in [-0.15, -0.1) is 0 Å². The van der Waals surface area contributed by atoms with Gasteiger partial charge in [0.25, 0.3) is 5.56 Å². The fourth-order valence-electron chi connectivity index (χ4n) is 3.14. The molecule has 0 saturated heterocycles. The molecule has 1 amide bonds. The van der Waals surface area contributed by atoms with E-state index >= 15 is 0 Å². The van der Waals surface area contributed by atoms with Crippen molar-refractivity contribution in [2.45, 2.75) is 20.0 Å². The van der Waals surface area contributed by atoms with Crippen molar-refractivity contribution in [3.63, 3.8) is 0 Å². The number of hydrogen-bond acceptors (Lipinski definition) is 7. The summed E-state index contributed by atoms with van der Waals surface area (Å²) >= 11 is 6.34. The van der Waals surface area contributed by atoms with Crippen molar-refractivity contribution >= 4 is 34.7 Å². The number of nitrogens with zero attached hydrogens (tertiary/aromatic N) is 3. The van der Waals surface area contributed by atoms with E-state index < -0.39 is 5.56 Å². The molecule has 2 aromatic carbocycles. The molecule has 11 heteroatoms. The van der Waals surface area contributed by atoms with Crippen molar-refractivity contribution in [2.24, 2.45) is 5.73 Å². The highest BCUT2D eigenvalue weighted by Crippen LogP contribution is 2.24. The van der Waals surface area contributed by atoms with Crippen LogP contribution in [0.1, 0.15) is 18.1 Å². The van der Waals surface area contributed by atoms with Crippen LogP contribution in [0.5, 0.6) is 0 Å². The van der Waals surface area contributed by atoms with Gasteiger partial charge in [0.05, 0.1) is 0 Å². The minimum atomic E-state index is -0.487. The zero-order valence-corrected chi connectivity index (χ0v) is 19.7. The molecule has 3 aromatic rings. The standard InChI is InChI=1S/C23H27ClN8O2/c1-3-31(2)30-19-20(24)29-22(16-5-4-6-17(25)11-16)32(23(19)34)13-18(33)28-12-14-7-9-15(10-8-14)21(26)27/h4-11,30H,3,12-13,25H2,1-2H3,(H3,26,27)(H,28,33). The molecule has 34 heavy (non-hydrogen) atoms. The Hall–Kier alpha value is -3.89. The number of nitrogens with one attached hydrogen (secondary N) is 3. The molecule has 3 rings (SSSR count). The molecule has 0 atom stereocenters. The highest BCUT2D eigenvalue weighted by molar-refractivity contribution is 6.32. The maximum absolute atomic E-state index is 13.3. The van der Waals surface area contributed by atoms with E-state index in [1.807, 2.05) is 6.92 Å². The predicted octanol–water partition coefficient (Wildman–Crippen LogP) is 2.02. The quantitative estimate of drug-likeness (QED) is 0.103. The Kier molecular flexibility index (Phi) is 7.87. The van der Waals surface area contributed by atoms with Crippen LogP contribution in [0.2, 0.25) is 5.15 Å². The molecule has 0 aliphatic rings. The highest BCUT2D eigenvalue weighted by Gasteiger charge is 2.20. The van der Waals surface area contributed by atoms with Crippen molar-refractivity contribution in [3.8, 4) is 11.4 Å². The summed E-state index contributed by atoms with van der Waals surface area (Å²) in [5.74, 6) is -0.188. The Labute approximate surface area is 202 Å². The van der Waals surface area contributed by atoms with Crippen LogP contribution >= 0.6 is 11.6 Å². The van der Waals surface area contributed by atoms with Crippen LogP contribution in [-0.2, 0) is 17.9 Å². The van der Waals surface area contributed by atoms with E-state index in [-0.39, 0.29) is 41.5 Å². The van der Waals surface area contributed by atoms with Crippen LogP contribution < -0.4 is 27.8 Å². The Morgan fingerprint density at radius 1 is 1.24 bits per heavy atom. The summed E-state index contributed by atoms with van der Waals surface area (Å²) in [4.78, 5) is 30.5. The lowest BCUT2D eigenvalue weighted by Gasteiger charge is -2.20. The van der Waals surface area contributed by atoms with Crippen LogP contribution in [0, 0.1) is 5.41 Å². The maximum atomic E-state index is 13.3. The second kappa shape index (κ2) is 10.8. The summed E-state index contributed by atoms with van der Waals surface area (Å²) in [7, 11) is 1.76. The third-order valence-electron chi connectivity index (χ3n) is 5.10. The molecular weight excluding hydrogens is 456 g/mol. The minimum Gasteiger partial charge on any atom is -0.399 e. The largest absolute Gasteiger partial charge is 0.399 e. The normalized spacial score (nSPS) is 10.8. The van der Waals surface area contributed by atoms with Crippen molar-refractivity contribution in [3.05, 3.63) is 75.2 Å². The summed E-state index contributed by atoms with van der Waals surface area (Å²) in [6.07, 6.45) is 0. The number of anilines is 2. The van der Waals surface area contributed by atoms with Crippen molar-refractivity contribution in [1.29, 1.82) is 5.41 Å². The van der Waals surface area contributed by atoms with E-state index in [1.165, 1.54) is 4.57 Å². The predicted molar refractivity (Wildman–Crippen MR) is 135 cm³/mol. The van der Waals surface area contributed by atoms with Gasteiger partial charge in [-0.2, -0.15) is 0 Å². The molecule has 10 nitrogen and oxygen atoms in total. The fourth-order valence-corrected chi connectivity index (χ4v) is 3.34. The number of amides is 1. The third kappa shape index (κ3) is 5.91. The Balaban J connectivity index is 1.90. The molecule has 0 fully saturated rings. The smallest absolute Gasteiger partial charge is 0.280 e.